The SMILES string of the molecule is CN(CC1(O)CCCC1)c1cc2n[nH]c(=O)n2cn1. The van der Waals surface area contributed by atoms with Crippen LogP contribution in [0.15, 0.2) is 17.2 Å². The molecule has 1 aliphatic rings. The fourth-order valence-electron chi connectivity index (χ4n) is 2.72. The summed E-state index contributed by atoms with van der Waals surface area (Å²) < 4.78 is 1.35. The van der Waals surface area contributed by atoms with Crippen LogP contribution < -0.4 is 10.6 Å². The Morgan fingerprint density at radius 3 is 3.00 bits per heavy atom. The first-order valence-electron chi connectivity index (χ1n) is 6.44. The molecule has 102 valence electrons. The number of nitrogens with zero attached hydrogens (tertiary/aromatic N) is 4. The molecule has 2 aromatic heterocycles. The minimum Gasteiger partial charge on any atom is -0.388 e. The van der Waals surface area contributed by atoms with Crippen molar-refractivity contribution in [2.24, 2.45) is 0 Å². The summed E-state index contributed by atoms with van der Waals surface area (Å²) in [5.74, 6) is 0.701. The molecule has 0 amide bonds. The molecule has 0 aromatic carbocycles. The molecule has 0 atom stereocenters. The van der Waals surface area contributed by atoms with Gasteiger partial charge in [-0.05, 0) is 12.8 Å². The van der Waals surface area contributed by atoms with Gasteiger partial charge in [-0.2, -0.15) is 5.10 Å². The van der Waals surface area contributed by atoms with Gasteiger partial charge in [0.1, 0.15) is 12.1 Å². The summed E-state index contributed by atoms with van der Waals surface area (Å²) in [6.45, 7) is 0.546. The highest BCUT2D eigenvalue weighted by atomic mass is 16.3. The van der Waals surface area contributed by atoms with Crippen LogP contribution in [0.25, 0.3) is 5.65 Å². The Hall–Kier alpha value is -1.89. The van der Waals surface area contributed by atoms with Gasteiger partial charge in [-0.3, -0.25) is 0 Å². The number of aliphatic hydroxyl groups is 1. The van der Waals surface area contributed by atoms with E-state index in [1.807, 2.05) is 11.9 Å². The summed E-state index contributed by atoms with van der Waals surface area (Å²) in [6.07, 6.45) is 5.27. The number of nitrogens with one attached hydrogen (secondary N) is 1. The largest absolute Gasteiger partial charge is 0.388 e. The van der Waals surface area contributed by atoms with Crippen LogP contribution in [0, 0.1) is 0 Å². The number of aromatic amines is 1. The van der Waals surface area contributed by atoms with Gasteiger partial charge in [0.05, 0.1) is 5.60 Å². The molecule has 2 aromatic rings. The van der Waals surface area contributed by atoms with Crippen molar-refractivity contribution < 1.29 is 5.11 Å². The van der Waals surface area contributed by atoms with E-state index < -0.39 is 5.60 Å². The van der Waals surface area contributed by atoms with Gasteiger partial charge in [-0.25, -0.2) is 19.3 Å². The van der Waals surface area contributed by atoms with Crippen molar-refractivity contribution in [1.29, 1.82) is 0 Å². The van der Waals surface area contributed by atoms with Crippen molar-refractivity contribution in [2.45, 2.75) is 31.3 Å². The molecule has 2 heterocycles. The highest BCUT2D eigenvalue weighted by Gasteiger charge is 2.32. The van der Waals surface area contributed by atoms with Gasteiger partial charge in [0.25, 0.3) is 0 Å². The molecular weight excluding hydrogens is 246 g/mol. The van der Waals surface area contributed by atoms with Crippen LogP contribution in [0.3, 0.4) is 0 Å². The van der Waals surface area contributed by atoms with Crippen molar-refractivity contribution in [3.63, 3.8) is 0 Å². The molecule has 1 fully saturated rings. The molecule has 1 saturated carbocycles. The van der Waals surface area contributed by atoms with Crippen molar-refractivity contribution in [3.8, 4) is 0 Å². The van der Waals surface area contributed by atoms with Crippen LogP contribution in [-0.2, 0) is 0 Å². The van der Waals surface area contributed by atoms with Crippen LogP contribution >= 0.6 is 0 Å². The second-order valence-electron chi connectivity index (χ2n) is 5.29. The van der Waals surface area contributed by atoms with E-state index in [-0.39, 0.29) is 5.69 Å². The predicted octanol–water partition coefficient (Wildman–Crippen LogP) is 0.159. The molecule has 3 rings (SSSR count). The summed E-state index contributed by atoms with van der Waals surface area (Å²) in [5.41, 5.74) is -0.389. The second kappa shape index (κ2) is 4.34. The zero-order chi connectivity index (χ0) is 13.5. The number of aromatic nitrogens is 4. The molecule has 19 heavy (non-hydrogen) atoms. The number of hydrogen-bond donors (Lipinski definition) is 2. The van der Waals surface area contributed by atoms with Crippen LogP contribution in [0.2, 0.25) is 0 Å². The Balaban J connectivity index is 1.84. The standard InChI is InChI=1S/C12H17N5O2/c1-16(7-12(19)4-2-3-5-12)9-6-10-14-15-11(18)17(10)8-13-9/h6,8,19H,2-5,7H2,1H3,(H,15,18). The van der Waals surface area contributed by atoms with Crippen molar-refractivity contribution >= 4 is 11.5 Å². The highest BCUT2D eigenvalue weighted by Crippen LogP contribution is 2.30. The van der Waals surface area contributed by atoms with Crippen molar-refractivity contribution in [3.05, 3.63) is 22.9 Å². The monoisotopic (exact) mass is 263 g/mol. The first-order valence-corrected chi connectivity index (χ1v) is 6.44. The minimum absolute atomic E-state index is 0.300. The average Bonchev–Trinajstić information content (AvgIpc) is 2.96. The number of hydrogen-bond acceptors (Lipinski definition) is 5. The Kier molecular flexibility index (Phi) is 2.78. The van der Waals surface area contributed by atoms with E-state index >= 15 is 0 Å². The first-order chi connectivity index (χ1) is 9.07. The van der Waals surface area contributed by atoms with E-state index in [4.69, 9.17) is 0 Å². The molecule has 1 aliphatic carbocycles. The summed E-state index contributed by atoms with van der Waals surface area (Å²) >= 11 is 0. The average molecular weight is 263 g/mol. The van der Waals surface area contributed by atoms with Gasteiger partial charge >= 0.3 is 5.69 Å². The molecule has 0 bridgehead atoms. The van der Waals surface area contributed by atoms with E-state index in [1.165, 1.54) is 10.7 Å². The number of likely N-dealkylation sites (N-methyl/N-ethyl adjacent to an activating group) is 1. The Morgan fingerprint density at radius 1 is 1.53 bits per heavy atom. The Morgan fingerprint density at radius 2 is 2.26 bits per heavy atom. The first kappa shape index (κ1) is 12.2. The molecule has 0 aliphatic heterocycles. The lowest BCUT2D eigenvalue weighted by Gasteiger charge is -2.29. The number of rotatable bonds is 3. The zero-order valence-corrected chi connectivity index (χ0v) is 10.8. The third-order valence-corrected chi connectivity index (χ3v) is 3.75. The predicted molar refractivity (Wildman–Crippen MR) is 70.3 cm³/mol. The van der Waals surface area contributed by atoms with Crippen LogP contribution in [0.5, 0.6) is 0 Å². The van der Waals surface area contributed by atoms with E-state index in [0.29, 0.717) is 18.0 Å². The smallest absolute Gasteiger partial charge is 0.348 e. The minimum atomic E-state index is -0.617. The molecule has 0 spiro atoms. The van der Waals surface area contributed by atoms with E-state index in [0.717, 1.165) is 25.7 Å². The topological polar surface area (TPSA) is 86.5 Å². The lowest BCUT2D eigenvalue weighted by molar-refractivity contribution is 0.0558. The third kappa shape index (κ3) is 2.21. The van der Waals surface area contributed by atoms with Crippen LogP contribution in [0.1, 0.15) is 25.7 Å². The van der Waals surface area contributed by atoms with Crippen LogP contribution in [-0.4, -0.2) is 43.9 Å². The fraction of sp³-hybridized carbons (Fsp3) is 0.583. The Bertz CT molecular complexity index is 641. The number of fused-ring (bicyclic) bond motifs is 1. The molecule has 7 heteroatoms. The summed E-state index contributed by atoms with van der Waals surface area (Å²) in [7, 11) is 1.89. The van der Waals surface area contributed by atoms with Gasteiger partial charge in [-0.15, -0.1) is 0 Å². The van der Waals surface area contributed by atoms with Gasteiger partial charge in [-0.1, -0.05) is 12.8 Å². The molecule has 0 unspecified atom stereocenters. The zero-order valence-electron chi connectivity index (χ0n) is 10.8. The molecular formula is C12H17N5O2. The van der Waals surface area contributed by atoms with Gasteiger partial charge in [0.2, 0.25) is 0 Å². The van der Waals surface area contributed by atoms with Crippen LogP contribution in [0.4, 0.5) is 5.82 Å². The van der Waals surface area contributed by atoms with Gasteiger partial charge in [0, 0.05) is 19.7 Å². The Labute approximate surface area is 109 Å². The van der Waals surface area contributed by atoms with E-state index in [9.17, 15) is 9.90 Å². The quantitative estimate of drug-likeness (QED) is 0.823. The highest BCUT2D eigenvalue weighted by molar-refractivity contribution is 5.49. The number of anilines is 1. The lowest BCUT2D eigenvalue weighted by atomic mass is 10.0. The normalized spacial score (nSPS) is 18.0. The maximum atomic E-state index is 11.3. The summed E-state index contributed by atoms with van der Waals surface area (Å²) in [4.78, 5) is 17.5. The molecule has 0 saturated heterocycles. The van der Waals surface area contributed by atoms with E-state index in [2.05, 4.69) is 15.2 Å². The number of H-pyrrole nitrogens is 1. The van der Waals surface area contributed by atoms with Gasteiger partial charge in [0.15, 0.2) is 5.65 Å². The van der Waals surface area contributed by atoms with Gasteiger partial charge < -0.3 is 10.0 Å². The summed E-state index contributed by atoms with van der Waals surface area (Å²) in [5, 5.41) is 16.7. The molecule has 7 nitrogen and oxygen atoms in total. The summed E-state index contributed by atoms with van der Waals surface area (Å²) in [6, 6.07) is 1.73. The molecule has 0 radical (unpaired) electrons. The van der Waals surface area contributed by atoms with Crippen molar-refractivity contribution in [1.82, 2.24) is 19.6 Å². The molecule has 2 N–H and O–H groups in total. The van der Waals surface area contributed by atoms with Crippen molar-refractivity contribution in [2.75, 3.05) is 18.5 Å². The van der Waals surface area contributed by atoms with E-state index in [1.54, 1.807) is 6.07 Å². The fourth-order valence-corrected chi connectivity index (χ4v) is 2.72. The second-order valence-corrected chi connectivity index (χ2v) is 5.29. The maximum Gasteiger partial charge on any atom is 0.348 e. The third-order valence-electron chi connectivity index (χ3n) is 3.75. The maximum absolute atomic E-state index is 11.3. The lowest BCUT2D eigenvalue weighted by Crippen LogP contribution is -2.39.